The first kappa shape index (κ1) is 20.8. The molecule has 4 nitrogen and oxygen atoms in total. The molecule has 2 aromatic carbocycles. The van der Waals surface area contributed by atoms with Crippen molar-refractivity contribution in [1.82, 2.24) is 4.90 Å². The average Bonchev–Trinajstić information content (AvgIpc) is 2.67. The van der Waals surface area contributed by atoms with Crippen LogP contribution in [0, 0.1) is 5.82 Å². The molecule has 1 amide bonds. The summed E-state index contributed by atoms with van der Waals surface area (Å²) < 4.78 is 23.9. The van der Waals surface area contributed by atoms with Crippen LogP contribution in [0.2, 0.25) is 5.02 Å². The number of carbonyl (C=O) groups excluding carboxylic acids is 1. The van der Waals surface area contributed by atoms with Crippen LogP contribution in [-0.2, 0) is 4.79 Å². The molecule has 0 bridgehead atoms. The SMILES string of the molecule is CCOc1c(Cl)cc(/C=C/C(=O)N(C)C(C)c2ccc(F)cc2)cc1OC. The Morgan fingerprint density at radius 1 is 1.30 bits per heavy atom. The lowest BCUT2D eigenvalue weighted by molar-refractivity contribution is -0.126. The van der Waals surface area contributed by atoms with Crippen LogP contribution >= 0.6 is 11.6 Å². The lowest BCUT2D eigenvalue weighted by Gasteiger charge is -2.24. The van der Waals surface area contributed by atoms with Crippen molar-refractivity contribution in [2.45, 2.75) is 19.9 Å². The van der Waals surface area contributed by atoms with Gasteiger partial charge in [0.2, 0.25) is 5.91 Å². The minimum absolute atomic E-state index is 0.184. The Bertz CT molecular complexity index is 821. The highest BCUT2D eigenvalue weighted by molar-refractivity contribution is 6.32. The van der Waals surface area contributed by atoms with Gasteiger partial charge in [-0.3, -0.25) is 4.79 Å². The fourth-order valence-corrected chi connectivity index (χ4v) is 2.83. The highest BCUT2D eigenvalue weighted by Crippen LogP contribution is 2.36. The topological polar surface area (TPSA) is 38.8 Å². The summed E-state index contributed by atoms with van der Waals surface area (Å²) in [6.07, 6.45) is 3.13. The lowest BCUT2D eigenvalue weighted by Crippen LogP contribution is -2.27. The third-order valence-electron chi connectivity index (χ3n) is 4.24. The van der Waals surface area contributed by atoms with Crippen molar-refractivity contribution in [2.75, 3.05) is 20.8 Å². The van der Waals surface area contributed by atoms with Gasteiger partial charge in [-0.25, -0.2) is 4.39 Å². The van der Waals surface area contributed by atoms with E-state index in [1.807, 2.05) is 13.8 Å². The van der Waals surface area contributed by atoms with Crippen LogP contribution in [-0.4, -0.2) is 31.6 Å². The Labute approximate surface area is 164 Å². The van der Waals surface area contributed by atoms with Crippen molar-refractivity contribution in [3.8, 4) is 11.5 Å². The monoisotopic (exact) mass is 391 g/mol. The van der Waals surface area contributed by atoms with Gasteiger partial charge in [0.1, 0.15) is 5.82 Å². The summed E-state index contributed by atoms with van der Waals surface area (Å²) in [7, 11) is 3.23. The molecule has 27 heavy (non-hydrogen) atoms. The molecule has 0 saturated carbocycles. The third-order valence-corrected chi connectivity index (χ3v) is 4.52. The van der Waals surface area contributed by atoms with E-state index in [1.54, 1.807) is 42.3 Å². The molecule has 0 fully saturated rings. The van der Waals surface area contributed by atoms with Gasteiger partial charge in [0, 0.05) is 13.1 Å². The van der Waals surface area contributed by atoms with Crippen molar-refractivity contribution in [2.24, 2.45) is 0 Å². The summed E-state index contributed by atoms with van der Waals surface area (Å²) in [5.41, 5.74) is 1.57. The Morgan fingerprint density at radius 2 is 1.96 bits per heavy atom. The minimum atomic E-state index is -0.304. The molecule has 0 saturated heterocycles. The van der Waals surface area contributed by atoms with Crippen molar-refractivity contribution < 1.29 is 18.7 Å². The largest absolute Gasteiger partial charge is 0.493 e. The van der Waals surface area contributed by atoms with E-state index < -0.39 is 0 Å². The van der Waals surface area contributed by atoms with Gasteiger partial charge in [-0.2, -0.15) is 0 Å². The number of rotatable bonds is 7. The van der Waals surface area contributed by atoms with Crippen LogP contribution < -0.4 is 9.47 Å². The van der Waals surface area contributed by atoms with E-state index in [0.29, 0.717) is 23.1 Å². The first-order valence-electron chi connectivity index (χ1n) is 8.58. The number of halogens is 2. The first-order chi connectivity index (χ1) is 12.9. The van der Waals surface area contributed by atoms with Crippen LogP contribution in [0.25, 0.3) is 6.08 Å². The van der Waals surface area contributed by atoms with Gasteiger partial charge in [0.05, 0.1) is 24.8 Å². The Balaban J connectivity index is 2.15. The van der Waals surface area contributed by atoms with E-state index in [2.05, 4.69) is 0 Å². The van der Waals surface area contributed by atoms with Gasteiger partial charge in [0.25, 0.3) is 0 Å². The van der Waals surface area contributed by atoms with Gasteiger partial charge in [-0.15, -0.1) is 0 Å². The number of ether oxygens (including phenoxy) is 2. The van der Waals surface area contributed by atoms with Crippen molar-refractivity contribution in [1.29, 1.82) is 0 Å². The number of nitrogens with zero attached hydrogens (tertiary/aromatic N) is 1. The zero-order chi connectivity index (χ0) is 20.0. The molecule has 2 aromatic rings. The Hall–Kier alpha value is -2.53. The summed E-state index contributed by atoms with van der Waals surface area (Å²) >= 11 is 6.25. The molecule has 2 rings (SSSR count). The molecule has 0 aromatic heterocycles. The van der Waals surface area contributed by atoms with Crippen LogP contribution in [0.1, 0.15) is 31.0 Å². The summed E-state index contributed by atoms with van der Waals surface area (Å²) in [5.74, 6) is 0.494. The molecule has 0 radical (unpaired) electrons. The molecule has 0 aliphatic carbocycles. The van der Waals surface area contributed by atoms with Gasteiger partial charge < -0.3 is 14.4 Å². The second-order valence-corrected chi connectivity index (χ2v) is 6.38. The van der Waals surface area contributed by atoms with E-state index >= 15 is 0 Å². The number of methoxy groups -OCH3 is 1. The number of hydrogen-bond acceptors (Lipinski definition) is 3. The highest BCUT2D eigenvalue weighted by Gasteiger charge is 2.16. The molecule has 0 heterocycles. The fraction of sp³-hybridized carbons (Fsp3) is 0.286. The first-order valence-corrected chi connectivity index (χ1v) is 8.95. The zero-order valence-corrected chi connectivity index (χ0v) is 16.6. The smallest absolute Gasteiger partial charge is 0.246 e. The number of likely N-dealkylation sites (N-methyl/N-ethyl adjacent to an activating group) is 1. The van der Waals surface area contributed by atoms with Crippen LogP contribution in [0.5, 0.6) is 11.5 Å². The predicted molar refractivity (Wildman–Crippen MR) is 106 cm³/mol. The lowest BCUT2D eigenvalue weighted by atomic mass is 10.1. The number of carbonyl (C=O) groups is 1. The van der Waals surface area contributed by atoms with Crippen LogP contribution in [0.3, 0.4) is 0 Å². The second-order valence-electron chi connectivity index (χ2n) is 5.98. The molecule has 144 valence electrons. The highest BCUT2D eigenvalue weighted by atomic mass is 35.5. The van der Waals surface area contributed by atoms with Crippen LogP contribution in [0.4, 0.5) is 4.39 Å². The zero-order valence-electron chi connectivity index (χ0n) is 15.8. The summed E-state index contributed by atoms with van der Waals surface area (Å²) in [4.78, 5) is 14.1. The maximum atomic E-state index is 13.1. The quantitative estimate of drug-likeness (QED) is 0.615. The van der Waals surface area contributed by atoms with Crippen molar-refractivity contribution in [3.05, 3.63) is 64.4 Å². The van der Waals surface area contributed by atoms with Gasteiger partial charge in [-0.05, 0) is 55.3 Å². The summed E-state index contributed by atoms with van der Waals surface area (Å²) in [5, 5.41) is 0.413. The number of benzene rings is 2. The molecule has 1 unspecified atom stereocenters. The number of amides is 1. The van der Waals surface area contributed by atoms with Gasteiger partial charge in [-0.1, -0.05) is 23.7 Å². The van der Waals surface area contributed by atoms with Gasteiger partial charge >= 0.3 is 0 Å². The maximum Gasteiger partial charge on any atom is 0.246 e. The Morgan fingerprint density at radius 3 is 2.56 bits per heavy atom. The number of hydrogen-bond donors (Lipinski definition) is 0. The molecular formula is C21H23ClFNO3. The van der Waals surface area contributed by atoms with E-state index in [4.69, 9.17) is 21.1 Å². The molecular weight excluding hydrogens is 369 g/mol. The maximum absolute atomic E-state index is 13.1. The predicted octanol–water partition coefficient (Wildman–Crippen LogP) is 5.12. The van der Waals surface area contributed by atoms with E-state index in [1.165, 1.54) is 25.3 Å². The standard InChI is InChI=1S/C21H23ClFNO3/c1-5-27-21-18(22)12-15(13-19(21)26-4)6-11-20(25)24(3)14(2)16-7-9-17(23)10-8-16/h6-14H,5H2,1-4H3/b11-6+. The molecule has 1 atom stereocenters. The fourth-order valence-electron chi connectivity index (χ4n) is 2.56. The minimum Gasteiger partial charge on any atom is -0.493 e. The summed E-state index contributed by atoms with van der Waals surface area (Å²) in [6, 6.07) is 9.38. The van der Waals surface area contributed by atoms with Crippen molar-refractivity contribution in [3.63, 3.8) is 0 Å². The van der Waals surface area contributed by atoms with E-state index in [9.17, 15) is 9.18 Å². The van der Waals surface area contributed by atoms with Crippen LogP contribution in [0.15, 0.2) is 42.5 Å². The van der Waals surface area contributed by atoms with E-state index in [-0.39, 0.29) is 17.8 Å². The second kappa shape index (κ2) is 9.42. The molecule has 0 aliphatic heterocycles. The van der Waals surface area contributed by atoms with Crippen molar-refractivity contribution >= 4 is 23.6 Å². The third kappa shape index (κ3) is 5.23. The van der Waals surface area contributed by atoms with Gasteiger partial charge in [0.15, 0.2) is 11.5 Å². The summed E-state index contributed by atoms with van der Waals surface area (Å²) in [6.45, 7) is 4.21. The normalized spacial score (nSPS) is 12.1. The molecule has 0 aliphatic rings. The average molecular weight is 392 g/mol. The Kier molecular flexibility index (Phi) is 7.25. The molecule has 0 spiro atoms. The molecule has 0 N–H and O–H groups in total. The molecule has 6 heteroatoms. The van der Waals surface area contributed by atoms with E-state index in [0.717, 1.165) is 11.1 Å².